The molecule has 0 aliphatic carbocycles. The molecule has 0 aliphatic rings. The van der Waals surface area contributed by atoms with Gasteiger partial charge in [-0.1, -0.05) is 23.2 Å². The number of halogens is 5. The van der Waals surface area contributed by atoms with E-state index >= 15 is 0 Å². The summed E-state index contributed by atoms with van der Waals surface area (Å²) in [7, 11) is -3.25. The number of hydrogen-bond acceptors (Lipinski definition) is 5. The number of fused-ring (bicyclic) bond motifs is 1. The van der Waals surface area contributed by atoms with E-state index in [1.54, 1.807) is 0 Å². The normalized spacial score (nSPS) is 11.8. The van der Waals surface area contributed by atoms with Crippen molar-refractivity contribution in [2.45, 2.75) is 11.1 Å². The van der Waals surface area contributed by atoms with Crippen LogP contribution in [0.4, 0.5) is 13.2 Å². The summed E-state index contributed by atoms with van der Waals surface area (Å²) in [6.45, 7) is 0. The van der Waals surface area contributed by atoms with E-state index in [2.05, 4.69) is 9.71 Å². The summed E-state index contributed by atoms with van der Waals surface area (Å²) in [5, 5.41) is -0.576. The van der Waals surface area contributed by atoms with Gasteiger partial charge < -0.3 is 18.7 Å². The Kier molecular flexibility index (Phi) is 7.37. The average Bonchev–Trinajstić information content (AvgIpc) is 3.06. The molecule has 7 nitrogen and oxygen atoms in total. The third kappa shape index (κ3) is 5.04. The first-order valence-electron chi connectivity index (χ1n) is 7.53. The van der Waals surface area contributed by atoms with Crippen LogP contribution < -0.4 is 34.3 Å². The minimum absolute atomic E-state index is 0. The molecular formula is C16H9Cl2F3N3NaO4S. The second kappa shape index (κ2) is 8.93. The van der Waals surface area contributed by atoms with Crippen LogP contribution in [0.3, 0.4) is 0 Å². The van der Waals surface area contributed by atoms with Crippen LogP contribution in [0.25, 0.3) is 10.4 Å². The predicted octanol–water partition coefficient (Wildman–Crippen LogP) is 1.58. The van der Waals surface area contributed by atoms with Crippen LogP contribution in [0.15, 0.2) is 41.6 Å². The van der Waals surface area contributed by atoms with E-state index in [-0.39, 0.29) is 51.0 Å². The molecule has 154 valence electrons. The van der Waals surface area contributed by atoms with E-state index < -0.39 is 38.3 Å². The number of pyridine rings is 1. The van der Waals surface area contributed by atoms with Crippen LogP contribution in [0.5, 0.6) is 5.75 Å². The van der Waals surface area contributed by atoms with Gasteiger partial charge in [-0.2, -0.15) is 13.2 Å². The van der Waals surface area contributed by atoms with Gasteiger partial charge in [0, 0.05) is 12.4 Å². The molecule has 0 fully saturated rings. The van der Waals surface area contributed by atoms with Crippen molar-refractivity contribution >= 4 is 44.8 Å². The van der Waals surface area contributed by atoms with Crippen molar-refractivity contribution in [3.05, 3.63) is 62.7 Å². The Bertz CT molecular complexity index is 1230. The van der Waals surface area contributed by atoms with Gasteiger partial charge in [0.1, 0.15) is 27.4 Å². The Balaban J connectivity index is 0.00000320. The topological polar surface area (TPSA) is 91.8 Å². The fraction of sp³-hybridized carbons (Fsp3) is 0.125. The van der Waals surface area contributed by atoms with Crippen LogP contribution in [0, 0.1) is 0 Å². The Morgan fingerprint density at radius 2 is 1.83 bits per heavy atom. The quantitative estimate of drug-likeness (QED) is 0.518. The Morgan fingerprint density at radius 1 is 1.17 bits per heavy atom. The van der Waals surface area contributed by atoms with Crippen molar-refractivity contribution in [3.8, 4) is 5.75 Å². The van der Waals surface area contributed by atoms with Crippen LogP contribution >= 0.6 is 23.2 Å². The number of benzene rings is 1. The number of carbonyl (C=O) groups is 1. The first kappa shape index (κ1) is 24.8. The second-order valence-electron chi connectivity index (χ2n) is 5.60. The van der Waals surface area contributed by atoms with Crippen molar-refractivity contribution in [1.29, 1.82) is 0 Å². The molecule has 0 radical (unpaired) electrons. The fourth-order valence-electron chi connectivity index (χ4n) is 2.33. The van der Waals surface area contributed by atoms with Crippen LogP contribution in [-0.2, 0) is 16.2 Å². The van der Waals surface area contributed by atoms with Gasteiger partial charge in [-0.3, -0.25) is 0 Å². The number of aromatic nitrogens is 2. The molecule has 2 aromatic heterocycles. The van der Waals surface area contributed by atoms with Gasteiger partial charge in [0.15, 0.2) is 5.65 Å². The molecule has 0 atom stereocenters. The van der Waals surface area contributed by atoms with Gasteiger partial charge in [0.05, 0.1) is 27.6 Å². The first-order chi connectivity index (χ1) is 13.4. The molecule has 3 aromatic rings. The second-order valence-corrected chi connectivity index (χ2v) is 7.99. The molecule has 1 aromatic carbocycles. The first-order valence-corrected chi connectivity index (χ1v) is 9.73. The number of hydrogen-bond donors (Lipinski definition) is 0. The monoisotopic (exact) mass is 489 g/mol. The average molecular weight is 490 g/mol. The molecule has 0 unspecified atom stereocenters. The Hall–Kier alpha value is -1.50. The number of alkyl halides is 3. The fourth-order valence-corrected chi connectivity index (χ4v) is 3.99. The van der Waals surface area contributed by atoms with E-state index in [0.29, 0.717) is 12.3 Å². The van der Waals surface area contributed by atoms with Gasteiger partial charge in [-0.05, 0) is 24.3 Å². The summed E-state index contributed by atoms with van der Waals surface area (Å²) in [5.41, 5.74) is -1.76. The van der Waals surface area contributed by atoms with E-state index in [0.717, 1.165) is 16.7 Å². The smallest absolute Gasteiger partial charge is 0.536 e. The maximum atomic E-state index is 12.9. The molecule has 0 N–H and O–H groups in total. The zero-order valence-electron chi connectivity index (χ0n) is 15.2. The van der Waals surface area contributed by atoms with Crippen molar-refractivity contribution < 1.29 is 60.7 Å². The maximum Gasteiger partial charge on any atom is 1.00 e. The van der Waals surface area contributed by atoms with E-state index in [1.807, 2.05) is 0 Å². The third-order valence-corrected chi connectivity index (χ3v) is 5.69. The van der Waals surface area contributed by atoms with Gasteiger partial charge in [-0.15, -0.1) is 0 Å². The van der Waals surface area contributed by atoms with E-state index in [1.165, 1.54) is 19.2 Å². The molecule has 0 saturated carbocycles. The number of sulfonamides is 1. The molecule has 30 heavy (non-hydrogen) atoms. The third-order valence-electron chi connectivity index (χ3n) is 3.67. The summed E-state index contributed by atoms with van der Waals surface area (Å²) in [6, 6.07) is 4.37. The van der Waals surface area contributed by atoms with Crippen molar-refractivity contribution in [3.63, 3.8) is 0 Å². The molecule has 14 heteroatoms. The predicted molar refractivity (Wildman–Crippen MR) is 98.1 cm³/mol. The van der Waals surface area contributed by atoms with Gasteiger partial charge in [0.25, 0.3) is 0 Å². The summed E-state index contributed by atoms with van der Waals surface area (Å²) in [6.07, 6.45) is -3.12. The zero-order valence-corrected chi connectivity index (χ0v) is 19.6. The molecule has 3 rings (SSSR count). The van der Waals surface area contributed by atoms with Gasteiger partial charge in [-0.25, -0.2) is 13.4 Å². The number of rotatable bonds is 4. The Labute approximate surface area is 200 Å². The summed E-state index contributed by atoms with van der Waals surface area (Å²) < 4.78 is 72.5. The molecule has 0 aliphatic heterocycles. The number of ether oxygens (including phenoxy) is 1. The van der Waals surface area contributed by atoms with Crippen LogP contribution in [-0.4, -0.2) is 30.8 Å². The zero-order chi connectivity index (χ0) is 21.6. The molecular weight excluding hydrogens is 481 g/mol. The minimum atomic E-state index is -4.68. The largest absolute Gasteiger partial charge is 1.00 e. The number of amides is 1. The maximum absolute atomic E-state index is 12.9. The minimum Gasteiger partial charge on any atom is -0.536 e. The van der Waals surface area contributed by atoms with E-state index in [4.69, 9.17) is 27.9 Å². The van der Waals surface area contributed by atoms with E-state index in [9.17, 15) is 26.4 Å². The van der Waals surface area contributed by atoms with Crippen LogP contribution in [0.2, 0.25) is 10.0 Å². The number of methoxy groups -OCH3 is 1. The van der Waals surface area contributed by atoms with Crippen molar-refractivity contribution in [2.24, 2.45) is 0 Å². The molecule has 0 spiro atoms. The van der Waals surface area contributed by atoms with Crippen molar-refractivity contribution in [2.75, 3.05) is 7.11 Å². The number of carbonyl (C=O) groups excluding carboxylic acids is 1. The number of imidazole rings is 1. The Morgan fingerprint density at radius 3 is 2.43 bits per heavy atom. The number of nitrogens with zero attached hydrogens (tertiary/aromatic N) is 3. The molecule has 0 saturated heterocycles. The van der Waals surface area contributed by atoms with Crippen LogP contribution in [0.1, 0.15) is 16.1 Å². The SMILES string of the molecule is COc1ccc(Cl)c(S(=O)(=O)[N-]C(=O)c2cn3cc(C(F)(F)F)cc(Cl)c3n2)c1.[Na+]. The van der Waals surface area contributed by atoms with Gasteiger partial charge in [0.2, 0.25) is 0 Å². The molecule has 2 heterocycles. The summed E-state index contributed by atoms with van der Waals surface area (Å²) >= 11 is 11.7. The molecule has 0 bridgehead atoms. The summed E-state index contributed by atoms with van der Waals surface area (Å²) in [5.74, 6) is -1.15. The standard InChI is InChI=1S/C16H10Cl2F3N3O4S.Na/c1-28-9-2-3-10(17)13(5-9)29(26,27)23-15(25)12-7-24-6-8(16(19,20)21)4-11(18)14(24)22-12;/h2-7H,1H3,(H,23,25);/q;+1/p-1. The molecule has 1 amide bonds. The van der Waals surface area contributed by atoms with Crippen molar-refractivity contribution in [1.82, 2.24) is 9.38 Å². The van der Waals surface area contributed by atoms with Gasteiger partial charge >= 0.3 is 35.7 Å². The summed E-state index contributed by atoms with van der Waals surface area (Å²) in [4.78, 5) is 15.6.